The van der Waals surface area contributed by atoms with Crippen LogP contribution >= 0.6 is 22.6 Å². The minimum Gasteiger partial charge on any atom is -0.338 e. The van der Waals surface area contributed by atoms with Gasteiger partial charge in [-0.15, -0.1) is 0 Å². The minimum atomic E-state index is 0.508. The highest BCUT2D eigenvalue weighted by atomic mass is 127. The molecule has 0 saturated carbocycles. The molecule has 0 aliphatic rings. The number of nitrogens with zero attached hydrogens (tertiary/aromatic N) is 1. The Kier molecular flexibility index (Phi) is 2.23. The van der Waals surface area contributed by atoms with Gasteiger partial charge in [-0.05, 0) is 40.6 Å². The van der Waals surface area contributed by atoms with E-state index in [1.54, 1.807) is 4.68 Å². The molecule has 0 amide bonds. The molecule has 0 aromatic carbocycles. The summed E-state index contributed by atoms with van der Waals surface area (Å²) < 4.78 is 2.81. The van der Waals surface area contributed by atoms with Crippen molar-refractivity contribution in [1.82, 2.24) is 4.68 Å². The summed E-state index contributed by atoms with van der Waals surface area (Å²) in [6.07, 6.45) is 0. The molecule has 2 N–H and O–H groups in total. The Morgan fingerprint density at radius 3 is 2.30 bits per heavy atom. The molecule has 10 heavy (non-hydrogen) atoms. The van der Waals surface area contributed by atoms with E-state index in [2.05, 4.69) is 42.5 Å². The smallest absolute Gasteiger partial charge is 0.1000 e. The van der Waals surface area contributed by atoms with Gasteiger partial charge in [0.2, 0.25) is 0 Å². The zero-order chi connectivity index (χ0) is 7.72. The molecule has 2 nitrogen and oxygen atoms in total. The van der Waals surface area contributed by atoms with Crippen LogP contribution < -0.4 is 5.84 Å². The summed E-state index contributed by atoms with van der Waals surface area (Å²) in [5, 5.41) is 0. The van der Waals surface area contributed by atoms with E-state index in [9.17, 15) is 0 Å². The molecule has 1 rings (SSSR count). The maximum absolute atomic E-state index is 5.71. The third kappa shape index (κ3) is 1.28. The summed E-state index contributed by atoms with van der Waals surface area (Å²) in [7, 11) is 0. The van der Waals surface area contributed by atoms with Crippen LogP contribution in [0.1, 0.15) is 25.5 Å². The molecule has 3 heteroatoms. The summed E-state index contributed by atoms with van der Waals surface area (Å²) in [5.74, 6) is 6.22. The van der Waals surface area contributed by atoms with Gasteiger partial charge in [0.15, 0.2) is 0 Å². The van der Waals surface area contributed by atoms with Gasteiger partial charge >= 0.3 is 0 Å². The van der Waals surface area contributed by atoms with Gasteiger partial charge in [0.05, 0.1) is 3.70 Å². The Balaban J connectivity index is 3.05. The van der Waals surface area contributed by atoms with Crippen LogP contribution in [0, 0.1) is 3.70 Å². The fourth-order valence-electron chi connectivity index (χ4n) is 0.909. The fraction of sp³-hybridized carbons (Fsp3) is 0.429. The number of halogens is 1. The number of hydrogen-bond acceptors (Lipinski definition) is 1. The number of nitrogens with two attached hydrogens (primary N) is 1. The zero-order valence-corrected chi connectivity index (χ0v) is 8.29. The van der Waals surface area contributed by atoms with E-state index in [4.69, 9.17) is 5.84 Å². The molecule has 56 valence electrons. The second-order valence-corrected chi connectivity index (χ2v) is 3.71. The number of hydrogen-bond donors (Lipinski definition) is 1. The van der Waals surface area contributed by atoms with Gasteiger partial charge in [-0.1, -0.05) is 13.8 Å². The third-order valence-electron chi connectivity index (χ3n) is 1.49. The molecule has 0 atom stereocenters. The van der Waals surface area contributed by atoms with Gasteiger partial charge in [0.1, 0.15) is 0 Å². The lowest BCUT2D eigenvalue weighted by molar-refractivity contribution is 0.761. The van der Waals surface area contributed by atoms with E-state index in [1.807, 2.05) is 6.07 Å². The Morgan fingerprint density at radius 2 is 2.10 bits per heavy atom. The van der Waals surface area contributed by atoms with Gasteiger partial charge in [0.25, 0.3) is 0 Å². The Morgan fingerprint density at radius 1 is 1.50 bits per heavy atom. The number of nitrogen functional groups attached to an aromatic ring is 1. The Bertz CT molecular complexity index is 228. The fourth-order valence-corrected chi connectivity index (χ4v) is 1.37. The van der Waals surface area contributed by atoms with Crippen LogP contribution in [-0.2, 0) is 0 Å². The molecule has 1 aromatic heterocycles. The van der Waals surface area contributed by atoms with E-state index in [0.29, 0.717) is 5.92 Å². The van der Waals surface area contributed by atoms with Gasteiger partial charge in [0, 0.05) is 5.69 Å². The van der Waals surface area contributed by atoms with E-state index in [0.717, 1.165) is 3.70 Å². The molecule has 0 aliphatic heterocycles. The lowest BCUT2D eigenvalue weighted by Gasteiger charge is -2.06. The standard InChI is InChI=1S/C7H11IN2/c1-5(2)6-3-4-7(8)10(6)9/h3-5H,9H2,1-2H3. The van der Waals surface area contributed by atoms with Crippen molar-refractivity contribution in [3.63, 3.8) is 0 Å². The SMILES string of the molecule is CC(C)c1ccc(I)n1N. The maximum atomic E-state index is 5.71. The first-order chi connectivity index (χ1) is 4.63. The van der Waals surface area contributed by atoms with Crippen LogP contribution in [0.5, 0.6) is 0 Å². The predicted octanol–water partition coefficient (Wildman–Crippen LogP) is 1.93. The van der Waals surface area contributed by atoms with Crippen LogP contribution in [0.2, 0.25) is 0 Å². The lowest BCUT2D eigenvalue weighted by atomic mass is 10.1. The Labute approximate surface area is 74.5 Å². The van der Waals surface area contributed by atoms with E-state index < -0.39 is 0 Å². The summed E-state index contributed by atoms with van der Waals surface area (Å²) in [4.78, 5) is 0. The third-order valence-corrected chi connectivity index (χ3v) is 2.37. The molecule has 0 spiro atoms. The van der Waals surface area contributed by atoms with Crippen molar-refractivity contribution in [1.29, 1.82) is 0 Å². The second kappa shape index (κ2) is 2.82. The lowest BCUT2D eigenvalue weighted by Crippen LogP contribution is -2.14. The largest absolute Gasteiger partial charge is 0.338 e. The maximum Gasteiger partial charge on any atom is 0.1000 e. The van der Waals surface area contributed by atoms with Gasteiger partial charge in [-0.3, -0.25) is 4.68 Å². The van der Waals surface area contributed by atoms with Gasteiger partial charge in [-0.25, -0.2) is 0 Å². The summed E-state index contributed by atoms with van der Waals surface area (Å²) >= 11 is 2.22. The first-order valence-electron chi connectivity index (χ1n) is 3.25. The van der Waals surface area contributed by atoms with Crippen molar-refractivity contribution in [2.75, 3.05) is 5.84 Å². The molecule has 0 fully saturated rings. The van der Waals surface area contributed by atoms with E-state index >= 15 is 0 Å². The average Bonchev–Trinajstić information content (AvgIpc) is 2.14. The summed E-state index contributed by atoms with van der Waals surface area (Å²) in [5.41, 5.74) is 1.18. The van der Waals surface area contributed by atoms with Crippen LogP contribution in [0.25, 0.3) is 0 Å². The number of rotatable bonds is 1. The van der Waals surface area contributed by atoms with E-state index in [1.165, 1.54) is 5.69 Å². The average molecular weight is 250 g/mol. The molecule has 0 aliphatic carbocycles. The highest BCUT2D eigenvalue weighted by Gasteiger charge is 2.05. The van der Waals surface area contributed by atoms with Crippen molar-refractivity contribution in [2.24, 2.45) is 0 Å². The molecule has 0 radical (unpaired) electrons. The highest BCUT2D eigenvalue weighted by molar-refractivity contribution is 14.1. The van der Waals surface area contributed by atoms with Crippen LogP contribution in [-0.4, -0.2) is 4.68 Å². The first kappa shape index (κ1) is 7.91. The zero-order valence-electron chi connectivity index (χ0n) is 6.13. The predicted molar refractivity (Wildman–Crippen MR) is 51.4 cm³/mol. The Hall–Kier alpha value is -0.190. The normalized spacial score (nSPS) is 10.8. The molecule has 0 saturated heterocycles. The van der Waals surface area contributed by atoms with Crippen molar-refractivity contribution in [2.45, 2.75) is 19.8 Å². The molecule has 1 heterocycles. The summed E-state index contributed by atoms with van der Waals surface area (Å²) in [6.45, 7) is 4.27. The monoisotopic (exact) mass is 250 g/mol. The van der Waals surface area contributed by atoms with Crippen molar-refractivity contribution in [3.05, 3.63) is 21.5 Å². The molecule has 0 bridgehead atoms. The van der Waals surface area contributed by atoms with Crippen LogP contribution in [0.4, 0.5) is 0 Å². The molecular weight excluding hydrogens is 239 g/mol. The molecule has 1 aromatic rings. The van der Waals surface area contributed by atoms with Gasteiger partial charge < -0.3 is 5.84 Å². The quantitative estimate of drug-likeness (QED) is 0.599. The van der Waals surface area contributed by atoms with Gasteiger partial charge in [-0.2, -0.15) is 0 Å². The van der Waals surface area contributed by atoms with Crippen LogP contribution in [0.15, 0.2) is 12.1 Å². The van der Waals surface area contributed by atoms with Crippen molar-refractivity contribution >= 4 is 22.6 Å². The molecule has 0 unspecified atom stereocenters. The minimum absolute atomic E-state index is 0.508. The second-order valence-electron chi connectivity index (χ2n) is 2.61. The van der Waals surface area contributed by atoms with E-state index in [-0.39, 0.29) is 0 Å². The van der Waals surface area contributed by atoms with Crippen molar-refractivity contribution in [3.8, 4) is 0 Å². The number of aromatic nitrogens is 1. The van der Waals surface area contributed by atoms with Crippen molar-refractivity contribution < 1.29 is 0 Å². The molecular formula is C7H11IN2. The topological polar surface area (TPSA) is 30.9 Å². The highest BCUT2D eigenvalue weighted by Crippen LogP contribution is 2.16. The first-order valence-corrected chi connectivity index (χ1v) is 4.33. The summed E-state index contributed by atoms with van der Waals surface area (Å²) in [6, 6.07) is 4.09. The van der Waals surface area contributed by atoms with Crippen LogP contribution in [0.3, 0.4) is 0 Å².